The standard InChI is InChI=1S/C11H12ClN3O2/c1-14(2)6-9-13-10(11(16)17)8-5-7(12)3-4-15(8)9/h3-5H,6H2,1-2H3,(H,16,17). The minimum absolute atomic E-state index is 0.0318. The van der Waals surface area contributed by atoms with Crippen molar-refractivity contribution >= 4 is 23.1 Å². The second-order valence-corrected chi connectivity index (χ2v) is 4.46. The largest absolute Gasteiger partial charge is 0.476 e. The summed E-state index contributed by atoms with van der Waals surface area (Å²) in [6.07, 6.45) is 1.73. The molecule has 2 aromatic heterocycles. The Morgan fingerprint density at radius 1 is 1.59 bits per heavy atom. The van der Waals surface area contributed by atoms with Crippen molar-refractivity contribution in [2.75, 3.05) is 14.1 Å². The van der Waals surface area contributed by atoms with E-state index in [-0.39, 0.29) is 5.69 Å². The van der Waals surface area contributed by atoms with Crippen LogP contribution in [0.1, 0.15) is 16.3 Å². The molecule has 0 fully saturated rings. The molecule has 0 aliphatic rings. The van der Waals surface area contributed by atoms with Crippen LogP contribution >= 0.6 is 11.6 Å². The van der Waals surface area contributed by atoms with Crippen LogP contribution in [0.5, 0.6) is 0 Å². The van der Waals surface area contributed by atoms with E-state index in [0.717, 1.165) is 0 Å². The van der Waals surface area contributed by atoms with Gasteiger partial charge >= 0.3 is 5.97 Å². The van der Waals surface area contributed by atoms with Crippen molar-refractivity contribution in [3.8, 4) is 0 Å². The summed E-state index contributed by atoms with van der Waals surface area (Å²) in [5.74, 6) is -0.367. The fourth-order valence-electron chi connectivity index (χ4n) is 1.67. The Kier molecular flexibility index (Phi) is 3.04. The summed E-state index contributed by atoms with van der Waals surface area (Å²) >= 11 is 5.87. The fraction of sp³-hybridized carbons (Fsp3) is 0.273. The molecule has 2 rings (SSSR count). The number of halogens is 1. The summed E-state index contributed by atoms with van der Waals surface area (Å²) in [6.45, 7) is 0.566. The fourth-order valence-corrected chi connectivity index (χ4v) is 1.83. The van der Waals surface area contributed by atoms with Gasteiger partial charge in [-0.25, -0.2) is 9.78 Å². The number of pyridine rings is 1. The highest BCUT2D eigenvalue weighted by Crippen LogP contribution is 2.18. The van der Waals surface area contributed by atoms with Crippen molar-refractivity contribution in [2.24, 2.45) is 0 Å². The highest BCUT2D eigenvalue weighted by molar-refractivity contribution is 6.31. The van der Waals surface area contributed by atoms with E-state index in [0.29, 0.717) is 22.9 Å². The van der Waals surface area contributed by atoms with Crippen LogP contribution in [-0.2, 0) is 6.54 Å². The molecule has 0 saturated carbocycles. The first-order chi connectivity index (χ1) is 7.99. The van der Waals surface area contributed by atoms with E-state index in [2.05, 4.69) is 4.98 Å². The quantitative estimate of drug-likeness (QED) is 0.905. The monoisotopic (exact) mass is 253 g/mol. The predicted molar refractivity (Wildman–Crippen MR) is 64.6 cm³/mol. The number of aromatic carboxylic acids is 1. The van der Waals surface area contributed by atoms with Gasteiger partial charge < -0.3 is 14.4 Å². The first-order valence-electron chi connectivity index (χ1n) is 5.03. The molecule has 0 radical (unpaired) electrons. The minimum atomic E-state index is -1.05. The maximum absolute atomic E-state index is 11.1. The van der Waals surface area contributed by atoms with Crippen LogP contribution in [0.3, 0.4) is 0 Å². The van der Waals surface area contributed by atoms with Crippen LogP contribution in [0.2, 0.25) is 5.02 Å². The van der Waals surface area contributed by atoms with E-state index in [1.54, 1.807) is 22.7 Å². The molecule has 0 saturated heterocycles. The zero-order valence-corrected chi connectivity index (χ0v) is 10.3. The van der Waals surface area contributed by atoms with Crippen molar-refractivity contribution in [1.82, 2.24) is 14.3 Å². The molecule has 0 unspecified atom stereocenters. The lowest BCUT2D eigenvalue weighted by atomic mass is 10.3. The average Bonchev–Trinajstić information content (AvgIpc) is 2.55. The van der Waals surface area contributed by atoms with E-state index in [9.17, 15) is 4.79 Å². The number of fused-ring (bicyclic) bond motifs is 1. The average molecular weight is 254 g/mol. The summed E-state index contributed by atoms with van der Waals surface area (Å²) < 4.78 is 1.75. The van der Waals surface area contributed by atoms with Crippen molar-refractivity contribution < 1.29 is 9.90 Å². The number of aromatic nitrogens is 2. The Morgan fingerprint density at radius 2 is 2.29 bits per heavy atom. The molecule has 0 aromatic carbocycles. The maximum atomic E-state index is 11.1. The number of imidazole rings is 1. The number of nitrogens with zero attached hydrogens (tertiary/aromatic N) is 3. The van der Waals surface area contributed by atoms with Gasteiger partial charge in [0.2, 0.25) is 0 Å². The van der Waals surface area contributed by atoms with E-state index in [1.807, 2.05) is 19.0 Å². The zero-order valence-electron chi connectivity index (χ0n) is 9.51. The topological polar surface area (TPSA) is 57.8 Å². The van der Waals surface area contributed by atoms with Gasteiger partial charge in [-0.15, -0.1) is 0 Å². The van der Waals surface area contributed by atoms with E-state index >= 15 is 0 Å². The SMILES string of the molecule is CN(C)Cc1nc(C(=O)O)c2cc(Cl)ccn12. The third-order valence-corrected chi connectivity index (χ3v) is 2.57. The van der Waals surface area contributed by atoms with Gasteiger partial charge in [-0.1, -0.05) is 11.6 Å². The number of hydrogen-bond donors (Lipinski definition) is 1. The Morgan fingerprint density at radius 3 is 2.88 bits per heavy atom. The van der Waals surface area contributed by atoms with Crippen molar-refractivity contribution in [3.05, 3.63) is 34.9 Å². The summed E-state index contributed by atoms with van der Waals surface area (Å²) in [7, 11) is 3.80. The van der Waals surface area contributed by atoms with E-state index in [1.165, 1.54) is 0 Å². The van der Waals surface area contributed by atoms with Crippen LogP contribution in [0.4, 0.5) is 0 Å². The van der Waals surface area contributed by atoms with Gasteiger partial charge in [0.25, 0.3) is 0 Å². The van der Waals surface area contributed by atoms with Gasteiger partial charge in [-0.3, -0.25) is 0 Å². The van der Waals surface area contributed by atoms with Crippen LogP contribution in [0, 0.1) is 0 Å². The summed E-state index contributed by atoms with van der Waals surface area (Å²) in [5, 5.41) is 9.59. The molecule has 0 spiro atoms. The highest BCUT2D eigenvalue weighted by atomic mass is 35.5. The molecule has 0 aliphatic carbocycles. The Hall–Kier alpha value is -1.59. The summed E-state index contributed by atoms with van der Waals surface area (Å²) in [6, 6.07) is 3.32. The first-order valence-corrected chi connectivity index (χ1v) is 5.41. The molecule has 90 valence electrons. The Labute approximate surface area is 103 Å². The van der Waals surface area contributed by atoms with Gasteiger partial charge in [0.05, 0.1) is 12.1 Å². The second-order valence-electron chi connectivity index (χ2n) is 4.02. The number of hydrogen-bond acceptors (Lipinski definition) is 3. The third-order valence-electron chi connectivity index (χ3n) is 2.34. The lowest BCUT2D eigenvalue weighted by Crippen LogP contribution is -2.13. The van der Waals surface area contributed by atoms with Gasteiger partial charge in [0.1, 0.15) is 5.82 Å². The number of carboxylic acid groups (broad SMARTS) is 1. The smallest absolute Gasteiger partial charge is 0.356 e. The van der Waals surface area contributed by atoms with Crippen molar-refractivity contribution in [3.63, 3.8) is 0 Å². The van der Waals surface area contributed by atoms with E-state index < -0.39 is 5.97 Å². The summed E-state index contributed by atoms with van der Waals surface area (Å²) in [4.78, 5) is 17.2. The molecular weight excluding hydrogens is 242 g/mol. The minimum Gasteiger partial charge on any atom is -0.476 e. The zero-order chi connectivity index (χ0) is 12.6. The second kappa shape index (κ2) is 4.35. The first kappa shape index (κ1) is 11.9. The molecule has 0 bridgehead atoms. The number of carbonyl (C=O) groups is 1. The lowest BCUT2D eigenvalue weighted by Gasteiger charge is -2.07. The molecular formula is C11H12ClN3O2. The highest BCUT2D eigenvalue weighted by Gasteiger charge is 2.16. The van der Waals surface area contributed by atoms with Gasteiger partial charge in [0, 0.05) is 11.2 Å². The van der Waals surface area contributed by atoms with Gasteiger partial charge in [0.15, 0.2) is 5.69 Å². The van der Waals surface area contributed by atoms with Crippen LogP contribution in [0.15, 0.2) is 18.3 Å². The van der Waals surface area contributed by atoms with Gasteiger partial charge in [-0.05, 0) is 26.2 Å². The van der Waals surface area contributed by atoms with Crippen molar-refractivity contribution in [1.29, 1.82) is 0 Å². The molecule has 6 heteroatoms. The van der Waals surface area contributed by atoms with Crippen LogP contribution < -0.4 is 0 Å². The van der Waals surface area contributed by atoms with Gasteiger partial charge in [-0.2, -0.15) is 0 Å². The third kappa shape index (κ3) is 2.25. The molecule has 1 N–H and O–H groups in total. The predicted octanol–water partition coefficient (Wildman–Crippen LogP) is 1.75. The Bertz CT molecular complexity index is 577. The molecule has 0 aliphatic heterocycles. The molecule has 0 amide bonds. The molecule has 2 heterocycles. The van der Waals surface area contributed by atoms with Crippen LogP contribution in [-0.4, -0.2) is 39.5 Å². The molecule has 2 aromatic rings. The molecule has 17 heavy (non-hydrogen) atoms. The number of rotatable bonds is 3. The normalized spacial score (nSPS) is 11.3. The molecule has 5 nitrogen and oxygen atoms in total. The maximum Gasteiger partial charge on any atom is 0.356 e. The van der Waals surface area contributed by atoms with Crippen molar-refractivity contribution in [2.45, 2.75) is 6.54 Å². The lowest BCUT2D eigenvalue weighted by molar-refractivity contribution is 0.0693. The number of carboxylic acids is 1. The van der Waals surface area contributed by atoms with Crippen LogP contribution in [0.25, 0.3) is 5.52 Å². The summed E-state index contributed by atoms with van der Waals surface area (Å²) in [5.41, 5.74) is 0.547. The Balaban J connectivity index is 2.66. The molecule has 0 atom stereocenters. The van der Waals surface area contributed by atoms with E-state index in [4.69, 9.17) is 16.7 Å².